The number of amides is 2. The Bertz CT molecular complexity index is 1040. The highest BCUT2D eigenvalue weighted by Gasteiger charge is 2.46. The number of halogens is 1. The summed E-state index contributed by atoms with van der Waals surface area (Å²) in [5.41, 5.74) is 1.76. The van der Waals surface area contributed by atoms with Crippen molar-refractivity contribution in [2.45, 2.75) is 39.2 Å². The number of carbonyl (C=O) groups excluding carboxylic acids is 2. The normalized spacial score (nSPS) is 19.8. The Balaban J connectivity index is 1.55. The molecule has 2 aromatic rings. The number of hydrogen-bond acceptors (Lipinski definition) is 5. The monoisotopic (exact) mass is 441 g/mol. The van der Waals surface area contributed by atoms with E-state index in [4.69, 9.17) is 4.74 Å². The summed E-state index contributed by atoms with van der Waals surface area (Å²) in [5.74, 6) is -1.37. The van der Waals surface area contributed by atoms with E-state index in [-0.39, 0.29) is 35.2 Å². The van der Waals surface area contributed by atoms with Crippen LogP contribution in [0.25, 0.3) is 0 Å². The minimum Gasteiger partial charge on any atom is -0.508 e. The third-order valence-electron chi connectivity index (χ3n) is 6.59. The van der Waals surface area contributed by atoms with E-state index in [1.165, 1.54) is 18.3 Å². The van der Waals surface area contributed by atoms with Crippen LogP contribution >= 0.6 is 0 Å². The van der Waals surface area contributed by atoms with Gasteiger partial charge in [-0.2, -0.15) is 4.39 Å². The molecule has 4 rings (SSSR count). The average Bonchev–Trinajstić information content (AvgIpc) is 3.11. The zero-order valence-corrected chi connectivity index (χ0v) is 18.4. The molecule has 3 heterocycles. The van der Waals surface area contributed by atoms with Crippen LogP contribution < -0.4 is 5.32 Å². The van der Waals surface area contributed by atoms with Gasteiger partial charge in [-0.1, -0.05) is 0 Å². The van der Waals surface area contributed by atoms with Crippen molar-refractivity contribution in [3.63, 3.8) is 0 Å². The van der Waals surface area contributed by atoms with Crippen molar-refractivity contribution < 1.29 is 23.8 Å². The lowest BCUT2D eigenvalue weighted by atomic mass is 9.78. The van der Waals surface area contributed by atoms with Gasteiger partial charge in [-0.15, -0.1) is 0 Å². The molecule has 0 aliphatic carbocycles. The third kappa shape index (κ3) is 4.46. The predicted octanol–water partition coefficient (Wildman–Crippen LogP) is 2.98. The summed E-state index contributed by atoms with van der Waals surface area (Å²) in [6.07, 6.45) is 3.82. The molecule has 170 valence electrons. The van der Waals surface area contributed by atoms with E-state index in [9.17, 15) is 19.1 Å². The van der Waals surface area contributed by atoms with Gasteiger partial charge in [0, 0.05) is 44.1 Å². The van der Waals surface area contributed by atoms with Crippen LogP contribution in [0.5, 0.6) is 5.75 Å². The summed E-state index contributed by atoms with van der Waals surface area (Å²) in [5, 5.41) is 12.5. The molecule has 1 aromatic carbocycles. The van der Waals surface area contributed by atoms with Crippen LogP contribution in [0.4, 0.5) is 4.39 Å². The van der Waals surface area contributed by atoms with E-state index in [0.717, 1.165) is 19.3 Å². The first-order chi connectivity index (χ1) is 15.3. The Morgan fingerprint density at radius 3 is 2.72 bits per heavy atom. The molecule has 2 amide bonds. The number of rotatable bonds is 4. The highest BCUT2D eigenvalue weighted by molar-refractivity contribution is 5.97. The van der Waals surface area contributed by atoms with Gasteiger partial charge in [0.1, 0.15) is 5.75 Å². The molecule has 8 heteroatoms. The number of ether oxygens (including phenoxy) is 1. The topological polar surface area (TPSA) is 91.8 Å². The van der Waals surface area contributed by atoms with Crippen LogP contribution in [0.1, 0.15) is 51.1 Å². The summed E-state index contributed by atoms with van der Waals surface area (Å²) in [6.45, 7) is 5.64. The number of phenols is 1. The molecule has 1 atom stereocenters. The second-order valence-electron chi connectivity index (χ2n) is 8.96. The SMILES string of the molecule is Cc1cnc(F)c(C(=O)NCC2CC3(CCOCC3)CN2C(=O)c2ccc(O)cc2C)c1. The van der Waals surface area contributed by atoms with Crippen LogP contribution in [-0.4, -0.2) is 59.1 Å². The standard InChI is InChI=1S/C24H28FN3O4/c1-15-9-20(21(25)26-12-15)22(30)27-13-17-11-24(5-7-32-8-6-24)14-28(17)23(31)19-4-3-18(29)10-16(19)2/h3-4,9-10,12,17,29H,5-8,11,13-14H2,1-2H3,(H,27,30). The molecule has 7 nitrogen and oxygen atoms in total. The molecule has 2 fully saturated rings. The lowest BCUT2D eigenvalue weighted by Crippen LogP contribution is -2.43. The van der Waals surface area contributed by atoms with E-state index < -0.39 is 11.9 Å². The van der Waals surface area contributed by atoms with Gasteiger partial charge in [0.25, 0.3) is 11.8 Å². The molecular formula is C24H28FN3O4. The highest BCUT2D eigenvalue weighted by atomic mass is 19.1. The Labute approximate surface area is 186 Å². The number of likely N-dealkylation sites (tertiary alicyclic amines) is 1. The average molecular weight is 442 g/mol. The summed E-state index contributed by atoms with van der Waals surface area (Å²) < 4.78 is 19.6. The highest BCUT2D eigenvalue weighted by Crippen LogP contribution is 2.43. The number of hydrogen-bond donors (Lipinski definition) is 2. The molecule has 2 aliphatic heterocycles. The maximum atomic E-state index is 14.0. The number of benzene rings is 1. The molecule has 0 radical (unpaired) electrons. The quantitative estimate of drug-likeness (QED) is 0.712. The number of carbonyl (C=O) groups is 2. The molecule has 32 heavy (non-hydrogen) atoms. The molecular weight excluding hydrogens is 413 g/mol. The first-order valence-corrected chi connectivity index (χ1v) is 10.9. The summed E-state index contributed by atoms with van der Waals surface area (Å²) in [4.78, 5) is 31.5. The molecule has 2 saturated heterocycles. The summed E-state index contributed by atoms with van der Waals surface area (Å²) in [7, 11) is 0. The number of aryl methyl sites for hydroxylation is 2. The van der Waals surface area contributed by atoms with Crippen LogP contribution in [0, 0.1) is 25.2 Å². The van der Waals surface area contributed by atoms with Gasteiger partial charge in [0.15, 0.2) is 0 Å². The van der Waals surface area contributed by atoms with Crippen molar-refractivity contribution in [2.75, 3.05) is 26.3 Å². The predicted molar refractivity (Wildman–Crippen MR) is 116 cm³/mol. The van der Waals surface area contributed by atoms with E-state index in [0.29, 0.717) is 36.4 Å². The Morgan fingerprint density at radius 2 is 2.00 bits per heavy atom. The summed E-state index contributed by atoms with van der Waals surface area (Å²) >= 11 is 0. The van der Waals surface area contributed by atoms with Gasteiger partial charge in [0.05, 0.1) is 5.56 Å². The van der Waals surface area contributed by atoms with E-state index >= 15 is 0 Å². The zero-order valence-electron chi connectivity index (χ0n) is 18.4. The minimum atomic E-state index is -0.812. The molecule has 1 unspecified atom stereocenters. The minimum absolute atomic E-state index is 0.0513. The number of nitrogens with one attached hydrogen (secondary N) is 1. The largest absolute Gasteiger partial charge is 0.508 e. The molecule has 0 bridgehead atoms. The van der Waals surface area contributed by atoms with Gasteiger partial charge in [0.2, 0.25) is 5.95 Å². The van der Waals surface area contributed by atoms with Gasteiger partial charge in [-0.25, -0.2) is 4.98 Å². The number of pyridine rings is 1. The molecule has 1 aromatic heterocycles. The second-order valence-corrected chi connectivity index (χ2v) is 8.96. The van der Waals surface area contributed by atoms with Gasteiger partial charge in [-0.3, -0.25) is 9.59 Å². The number of aromatic hydroxyl groups is 1. The molecule has 2 N–H and O–H groups in total. The first kappa shape index (κ1) is 22.2. The van der Waals surface area contributed by atoms with Gasteiger partial charge >= 0.3 is 0 Å². The second kappa shape index (κ2) is 8.86. The van der Waals surface area contributed by atoms with Crippen LogP contribution in [-0.2, 0) is 4.74 Å². The lowest BCUT2D eigenvalue weighted by molar-refractivity contribution is 0.0190. The smallest absolute Gasteiger partial charge is 0.256 e. The fourth-order valence-corrected chi connectivity index (χ4v) is 4.81. The fraction of sp³-hybridized carbons (Fsp3) is 0.458. The Morgan fingerprint density at radius 1 is 1.25 bits per heavy atom. The van der Waals surface area contributed by atoms with Crippen molar-refractivity contribution in [1.29, 1.82) is 0 Å². The van der Waals surface area contributed by atoms with E-state index in [1.54, 1.807) is 26.0 Å². The number of phenolic OH excluding ortho intramolecular Hbond substituents is 1. The molecule has 1 spiro atoms. The first-order valence-electron chi connectivity index (χ1n) is 10.9. The van der Waals surface area contributed by atoms with Crippen LogP contribution in [0.2, 0.25) is 0 Å². The fourth-order valence-electron chi connectivity index (χ4n) is 4.81. The van der Waals surface area contributed by atoms with Crippen LogP contribution in [0.15, 0.2) is 30.5 Å². The van der Waals surface area contributed by atoms with Crippen molar-refractivity contribution in [3.05, 3.63) is 58.7 Å². The zero-order chi connectivity index (χ0) is 22.9. The molecule has 0 saturated carbocycles. The van der Waals surface area contributed by atoms with Crippen molar-refractivity contribution in [1.82, 2.24) is 15.2 Å². The Hall–Kier alpha value is -3.00. The Kier molecular flexibility index (Phi) is 6.15. The molecule has 2 aliphatic rings. The van der Waals surface area contributed by atoms with Crippen molar-refractivity contribution in [3.8, 4) is 5.75 Å². The van der Waals surface area contributed by atoms with E-state index in [2.05, 4.69) is 10.3 Å². The van der Waals surface area contributed by atoms with E-state index in [1.807, 2.05) is 4.90 Å². The van der Waals surface area contributed by atoms with Crippen molar-refractivity contribution in [2.24, 2.45) is 5.41 Å². The summed E-state index contributed by atoms with van der Waals surface area (Å²) in [6, 6.07) is 5.95. The van der Waals surface area contributed by atoms with Crippen molar-refractivity contribution >= 4 is 11.8 Å². The maximum absolute atomic E-state index is 14.0. The van der Waals surface area contributed by atoms with Gasteiger partial charge in [-0.05, 0) is 73.9 Å². The lowest BCUT2D eigenvalue weighted by Gasteiger charge is -2.33. The number of nitrogens with zero attached hydrogens (tertiary/aromatic N) is 2. The van der Waals surface area contributed by atoms with Gasteiger partial charge < -0.3 is 20.1 Å². The third-order valence-corrected chi connectivity index (χ3v) is 6.59. The van der Waals surface area contributed by atoms with Crippen LogP contribution in [0.3, 0.4) is 0 Å². The number of aromatic nitrogens is 1. The maximum Gasteiger partial charge on any atom is 0.256 e.